The predicted molar refractivity (Wildman–Crippen MR) is 141 cm³/mol. The lowest BCUT2D eigenvalue weighted by Gasteiger charge is -2.31. The number of hydrogen-bond donors (Lipinski definition) is 3. The van der Waals surface area contributed by atoms with Crippen molar-refractivity contribution in [2.75, 3.05) is 20.3 Å². The van der Waals surface area contributed by atoms with Gasteiger partial charge in [-0.3, -0.25) is 9.59 Å². The van der Waals surface area contributed by atoms with Gasteiger partial charge < -0.3 is 25.6 Å². The van der Waals surface area contributed by atoms with E-state index in [1.807, 2.05) is 5.32 Å². The molecule has 1 aliphatic heterocycles. The van der Waals surface area contributed by atoms with Gasteiger partial charge in [-0.05, 0) is 31.2 Å². The fourth-order valence-electron chi connectivity index (χ4n) is 4.84. The van der Waals surface area contributed by atoms with Crippen LogP contribution in [0.3, 0.4) is 0 Å². The van der Waals surface area contributed by atoms with Crippen LogP contribution in [0.25, 0.3) is 22.2 Å². The van der Waals surface area contributed by atoms with Gasteiger partial charge >= 0.3 is 12.7 Å². The fourth-order valence-corrected chi connectivity index (χ4v) is 4.84. The summed E-state index contributed by atoms with van der Waals surface area (Å²) in [5, 5.41) is 16.6. The summed E-state index contributed by atoms with van der Waals surface area (Å²) < 4.78 is 124. The highest BCUT2D eigenvalue weighted by atomic mass is 19.4. The number of rotatable bonds is 8. The van der Waals surface area contributed by atoms with Crippen molar-refractivity contribution in [3.63, 3.8) is 0 Å². The monoisotopic (exact) mass is 659 g/mol. The van der Waals surface area contributed by atoms with Crippen molar-refractivity contribution >= 4 is 22.7 Å². The van der Waals surface area contributed by atoms with E-state index in [1.165, 1.54) is 6.92 Å². The average molecular weight is 659 g/mol. The third-order valence-corrected chi connectivity index (χ3v) is 7.55. The number of nitrogens with one attached hydrogen (secondary N) is 1. The number of nitrogens with zero attached hydrogens (tertiary/aromatic N) is 3. The molecule has 5 rings (SSSR count). The van der Waals surface area contributed by atoms with E-state index in [0.29, 0.717) is 12.1 Å². The van der Waals surface area contributed by atoms with E-state index in [0.717, 1.165) is 25.4 Å². The van der Waals surface area contributed by atoms with Gasteiger partial charge in [0.25, 0.3) is 5.91 Å². The summed E-state index contributed by atoms with van der Waals surface area (Å²) in [7, 11) is 1.14. The molecule has 0 bridgehead atoms. The number of pyridine rings is 1. The predicted octanol–water partition coefficient (Wildman–Crippen LogP) is 4.23. The van der Waals surface area contributed by atoms with Crippen LogP contribution >= 0.6 is 0 Å². The van der Waals surface area contributed by atoms with E-state index in [1.54, 1.807) is 0 Å². The number of fused-ring (bicyclic) bond motifs is 2. The molecule has 2 amide bonds. The number of benzene rings is 2. The number of carbonyl (C=O) groups excluding carboxylic acids is 2. The standard InChI is InChI=1S/C28H21F8N5O5/c1-26(24(37)43)10-46-22-14(26)6-19(39-21(22)13-5-16(30)17(31)7-15(13)29)27(44,28(34,35)36)9-38-23(42)11-3-12-8-41(25(32)33)40-20(12)18(4-11)45-2/h3-8,25,44H,9-10H2,1-2H3,(H2,37,43)(H,38,42)/t26-,27?/m0/s1. The molecule has 18 heteroatoms. The molecule has 1 aliphatic rings. The van der Waals surface area contributed by atoms with Gasteiger partial charge in [0.2, 0.25) is 11.5 Å². The molecule has 2 atom stereocenters. The van der Waals surface area contributed by atoms with E-state index in [2.05, 4.69) is 10.1 Å². The molecule has 2 aromatic carbocycles. The Morgan fingerprint density at radius 1 is 1.13 bits per heavy atom. The Bertz CT molecular complexity index is 1900. The maximum absolute atomic E-state index is 14.9. The number of alkyl halides is 5. The number of aliphatic hydroxyl groups is 1. The molecule has 0 radical (unpaired) electrons. The number of ether oxygens (including phenoxy) is 2. The van der Waals surface area contributed by atoms with Gasteiger partial charge in [0.05, 0.1) is 19.3 Å². The van der Waals surface area contributed by atoms with Crippen LogP contribution in [0.5, 0.6) is 11.5 Å². The molecule has 244 valence electrons. The minimum Gasteiger partial charge on any atom is -0.494 e. The largest absolute Gasteiger partial charge is 0.494 e. The zero-order chi connectivity index (χ0) is 33.9. The molecule has 0 fully saturated rings. The zero-order valence-electron chi connectivity index (χ0n) is 23.5. The van der Waals surface area contributed by atoms with Crippen molar-refractivity contribution in [3.8, 4) is 22.8 Å². The van der Waals surface area contributed by atoms with E-state index < -0.39 is 88.9 Å². The Hall–Kier alpha value is -5.00. The van der Waals surface area contributed by atoms with E-state index in [-0.39, 0.29) is 38.5 Å². The lowest BCUT2D eigenvalue weighted by molar-refractivity contribution is -0.265. The van der Waals surface area contributed by atoms with Crippen molar-refractivity contribution in [1.29, 1.82) is 0 Å². The molecule has 0 saturated carbocycles. The highest BCUT2D eigenvalue weighted by Gasteiger charge is 2.58. The lowest BCUT2D eigenvalue weighted by Crippen LogP contribution is -2.51. The van der Waals surface area contributed by atoms with Crippen LogP contribution in [0.4, 0.5) is 35.1 Å². The maximum atomic E-state index is 14.9. The first-order chi connectivity index (χ1) is 21.4. The normalized spacial score (nSPS) is 17.5. The third kappa shape index (κ3) is 5.21. The Kier molecular flexibility index (Phi) is 7.82. The summed E-state index contributed by atoms with van der Waals surface area (Å²) in [6.07, 6.45) is -4.75. The first-order valence-electron chi connectivity index (χ1n) is 13.0. The van der Waals surface area contributed by atoms with Crippen molar-refractivity contribution in [2.45, 2.75) is 30.7 Å². The van der Waals surface area contributed by atoms with Gasteiger partial charge in [0.15, 0.2) is 11.6 Å². The van der Waals surface area contributed by atoms with Crippen LogP contribution in [0, 0.1) is 17.5 Å². The van der Waals surface area contributed by atoms with Gasteiger partial charge in [0.1, 0.15) is 40.5 Å². The van der Waals surface area contributed by atoms with Gasteiger partial charge in [0, 0.05) is 34.3 Å². The van der Waals surface area contributed by atoms with Crippen LogP contribution in [0.2, 0.25) is 0 Å². The molecule has 2 aromatic heterocycles. The second kappa shape index (κ2) is 11.1. The number of nitrogens with two attached hydrogens (primary N) is 1. The number of halogens is 8. The lowest BCUT2D eigenvalue weighted by atomic mass is 9.81. The number of methoxy groups -OCH3 is 1. The van der Waals surface area contributed by atoms with Crippen molar-refractivity contribution in [1.82, 2.24) is 20.1 Å². The summed E-state index contributed by atoms with van der Waals surface area (Å²) in [5.41, 5.74) is -4.25. The topological polar surface area (TPSA) is 142 Å². The minimum absolute atomic E-state index is 0.0277. The Balaban J connectivity index is 1.61. The summed E-state index contributed by atoms with van der Waals surface area (Å²) in [6, 6.07) is 3.09. The van der Waals surface area contributed by atoms with Crippen LogP contribution in [-0.4, -0.2) is 58.1 Å². The van der Waals surface area contributed by atoms with Crippen LogP contribution < -0.4 is 20.5 Å². The third-order valence-electron chi connectivity index (χ3n) is 7.55. The van der Waals surface area contributed by atoms with Gasteiger partial charge in [-0.25, -0.2) is 22.8 Å². The van der Waals surface area contributed by atoms with Crippen LogP contribution in [0.1, 0.15) is 35.1 Å². The molecule has 0 saturated heterocycles. The minimum atomic E-state index is -5.62. The average Bonchev–Trinajstić information content (AvgIpc) is 3.58. The molecule has 0 aliphatic carbocycles. The number of carbonyl (C=O) groups is 2. The van der Waals surface area contributed by atoms with Gasteiger partial charge in [-0.1, -0.05) is 0 Å². The second-order valence-electron chi connectivity index (χ2n) is 10.5. The summed E-state index contributed by atoms with van der Waals surface area (Å²) >= 11 is 0. The van der Waals surface area contributed by atoms with Gasteiger partial charge in [-0.15, -0.1) is 0 Å². The number of aromatic nitrogens is 3. The number of hydrogen-bond acceptors (Lipinski definition) is 7. The van der Waals surface area contributed by atoms with Crippen molar-refractivity contribution in [3.05, 3.63) is 70.8 Å². The molecular weight excluding hydrogens is 638 g/mol. The molecule has 4 aromatic rings. The smallest absolute Gasteiger partial charge is 0.424 e. The quantitative estimate of drug-likeness (QED) is 0.190. The second-order valence-corrected chi connectivity index (χ2v) is 10.5. The Labute approximate surface area is 252 Å². The van der Waals surface area contributed by atoms with E-state index in [9.17, 15) is 49.8 Å². The van der Waals surface area contributed by atoms with Crippen molar-refractivity contribution in [2.24, 2.45) is 5.73 Å². The van der Waals surface area contributed by atoms with Crippen LogP contribution in [-0.2, 0) is 15.8 Å². The first kappa shape index (κ1) is 32.4. The summed E-state index contributed by atoms with van der Waals surface area (Å²) in [5.74, 6) is -7.66. The molecule has 3 heterocycles. The first-order valence-corrected chi connectivity index (χ1v) is 13.0. The highest BCUT2D eigenvalue weighted by Crippen LogP contribution is 2.48. The van der Waals surface area contributed by atoms with E-state index >= 15 is 0 Å². The molecule has 46 heavy (non-hydrogen) atoms. The molecular formula is C28H21F8N5O5. The summed E-state index contributed by atoms with van der Waals surface area (Å²) in [6.45, 7) is -4.06. The fraction of sp³-hybridized carbons (Fsp3) is 0.286. The highest BCUT2D eigenvalue weighted by molar-refractivity contribution is 6.00. The zero-order valence-corrected chi connectivity index (χ0v) is 23.5. The van der Waals surface area contributed by atoms with Gasteiger partial charge in [-0.2, -0.15) is 27.1 Å². The Morgan fingerprint density at radius 2 is 1.80 bits per heavy atom. The van der Waals surface area contributed by atoms with Crippen molar-refractivity contribution < 1.29 is 59.3 Å². The molecule has 0 spiro atoms. The SMILES string of the molecule is COc1cc(C(=O)NCC(O)(c2cc3c(c(-c4cc(F)c(F)cc4F)n2)OC[C@]3(C)C(N)=O)C(F)(F)F)cc2cn(C(F)F)nc12. The molecule has 4 N–H and O–H groups in total. The maximum Gasteiger partial charge on any atom is 0.424 e. The molecule has 10 nitrogen and oxygen atoms in total. The van der Waals surface area contributed by atoms with E-state index in [4.69, 9.17) is 15.2 Å². The molecule has 1 unspecified atom stereocenters. The van der Waals surface area contributed by atoms with Crippen LogP contribution in [0.15, 0.2) is 36.5 Å². The number of amides is 2. The number of primary amides is 1. The summed E-state index contributed by atoms with van der Waals surface area (Å²) in [4.78, 5) is 29.1. The Morgan fingerprint density at radius 3 is 2.41 bits per heavy atom.